The van der Waals surface area contributed by atoms with Crippen molar-refractivity contribution < 1.29 is 38.2 Å². The first-order valence-corrected chi connectivity index (χ1v) is 43.0. The van der Waals surface area contributed by atoms with E-state index in [9.17, 15) is 28.8 Å². The zero-order valence-corrected chi connectivity index (χ0v) is 72.3. The van der Waals surface area contributed by atoms with E-state index in [1.165, 1.54) is 23.1 Å². The molecule has 0 unspecified atom stereocenters. The molecule has 0 spiro atoms. The SMILES string of the molecule is CC1=CC(C)=C(CN2CCc3c(Cl)cc(C)c(Cl)c3C2=O)C(=O)C1.CCN(c1cc(-c2ccc(N3CCN(C)CC3)nc2)cc(C(=O)CCC2=C3CCCCC3=C(C)CC2=O)c1C)C1CCOCC1.CCN(c1cc(C#CCN2CCN(C)CC2)cc(C(=O)CCC2=C(C)C=C(C)CC2=O)c1C)C1CCC(N(C)CCOC)CC1. The van der Waals surface area contributed by atoms with Gasteiger partial charge in [0.15, 0.2) is 28.9 Å². The normalized spacial score (nSPS) is 20.2. The lowest BCUT2D eigenvalue weighted by Crippen LogP contribution is -2.44. The molecule has 1 amide bonds. The van der Waals surface area contributed by atoms with Crippen molar-refractivity contribution >= 4 is 75.2 Å². The Morgan fingerprint density at radius 1 is 0.623 bits per heavy atom. The molecule has 0 N–H and O–H groups in total. The molecule has 13 rings (SSSR count). The van der Waals surface area contributed by atoms with Crippen LogP contribution in [-0.2, 0) is 30.3 Å². The second-order valence-corrected chi connectivity index (χ2v) is 34.2. The van der Waals surface area contributed by atoms with Crippen molar-refractivity contribution in [2.24, 2.45) is 0 Å². The van der Waals surface area contributed by atoms with Gasteiger partial charge >= 0.3 is 0 Å². The standard InChI is InChI=1S/C38H50N4O3.C38H56N4O3.C19H19Cl2NO2/c1-5-42(30-14-20-45-21-15-30)35-24-29(28-10-13-38(39-25-28)41-18-16-40(4)17-19-41)23-34(27(35)3)36(43)12-11-33-32-9-7-6-8-31(32)26(2)22-37(33)44;1-8-42(33-13-11-32(12-14-33)40(6)22-23-45-7)36-27-31(10-9-17-41-20-18-39(5)19-21-41)26-35(30(36)4)37(43)16-15-34-29(3)24-28(2)25-38(34)44;1-10-6-11(2)14(16(23)7-10)9-22-5-4-13-15(20)8-12(3)18(21)17(13)19(22)24/h10,13,23-25,30H,5-9,11-12,14-22H2,1-4H3;24,26-27,32-33H,8,11-23,25H2,1-7H3;6,8H,4-5,7,9H2,1-3H3. The van der Waals surface area contributed by atoms with Crippen molar-refractivity contribution in [1.29, 1.82) is 0 Å². The smallest absolute Gasteiger partial charge is 0.256 e. The first kappa shape index (κ1) is 87.2. The highest BCUT2D eigenvalue weighted by molar-refractivity contribution is 6.37. The number of allylic oxidation sites excluding steroid dienone is 11. The summed E-state index contributed by atoms with van der Waals surface area (Å²) in [5.74, 6) is 8.40. The molecular formula is C95H125Cl2N9O8. The van der Waals surface area contributed by atoms with Crippen molar-refractivity contribution in [3.63, 3.8) is 0 Å². The van der Waals surface area contributed by atoms with Crippen LogP contribution in [0.15, 0.2) is 117 Å². The number of ether oxygens (including phenoxy) is 2. The third-order valence-electron chi connectivity index (χ3n) is 25.4. The highest BCUT2D eigenvalue weighted by atomic mass is 35.5. The molecule has 4 aromatic rings. The van der Waals surface area contributed by atoms with Gasteiger partial charge in [0.2, 0.25) is 0 Å². The summed E-state index contributed by atoms with van der Waals surface area (Å²) >= 11 is 12.7. The maximum atomic E-state index is 14.1. The number of carbonyl (C=O) groups is 6. The second-order valence-electron chi connectivity index (χ2n) is 33.5. The number of carbonyl (C=O) groups excluding carboxylic acids is 6. The molecule has 0 bridgehead atoms. The number of fused-ring (bicyclic) bond motifs is 2. The number of likely N-dealkylation sites (N-methyl/N-ethyl adjacent to an activating group) is 3. The minimum Gasteiger partial charge on any atom is -0.383 e. The fourth-order valence-corrected chi connectivity index (χ4v) is 19.1. The molecule has 114 heavy (non-hydrogen) atoms. The summed E-state index contributed by atoms with van der Waals surface area (Å²) in [5, 5.41) is 1.04. The van der Waals surface area contributed by atoms with Gasteiger partial charge in [0.05, 0.1) is 23.7 Å². The predicted molar refractivity (Wildman–Crippen MR) is 464 cm³/mol. The highest BCUT2D eigenvalue weighted by Gasteiger charge is 2.35. The molecule has 19 heteroatoms. The Hall–Kier alpha value is -7.63. The summed E-state index contributed by atoms with van der Waals surface area (Å²) in [6.07, 6.45) is 20.7. The highest BCUT2D eigenvalue weighted by Crippen LogP contribution is 2.43. The molecule has 0 radical (unpaired) electrons. The second kappa shape index (κ2) is 40.5. The number of hydrogen-bond donors (Lipinski definition) is 0. The van der Waals surface area contributed by atoms with E-state index in [-0.39, 0.29) is 34.8 Å². The zero-order valence-electron chi connectivity index (χ0n) is 70.8. The number of rotatable bonds is 23. The number of pyridine rings is 1. The van der Waals surface area contributed by atoms with Crippen LogP contribution in [-0.4, -0.2) is 222 Å². The molecule has 5 heterocycles. The van der Waals surface area contributed by atoms with E-state index >= 15 is 0 Å². The number of anilines is 3. The summed E-state index contributed by atoms with van der Waals surface area (Å²) in [5.41, 5.74) is 21.2. The van der Waals surface area contributed by atoms with Crippen LogP contribution in [0.3, 0.4) is 0 Å². The topological polar surface area (TPSA) is 160 Å². The van der Waals surface area contributed by atoms with Crippen LogP contribution in [0.2, 0.25) is 10.0 Å². The van der Waals surface area contributed by atoms with E-state index in [2.05, 4.69) is 138 Å². The molecule has 3 aromatic carbocycles. The number of nitrogens with zero attached hydrogens (tertiary/aromatic N) is 9. The van der Waals surface area contributed by atoms with E-state index in [1.807, 2.05) is 53.0 Å². The first-order chi connectivity index (χ1) is 54.7. The molecule has 1 aromatic heterocycles. The first-order valence-electron chi connectivity index (χ1n) is 42.2. The van der Waals surface area contributed by atoms with Crippen LogP contribution >= 0.6 is 23.2 Å². The van der Waals surface area contributed by atoms with E-state index in [4.69, 9.17) is 37.7 Å². The number of halogens is 2. The Morgan fingerprint density at radius 2 is 1.18 bits per heavy atom. The average Bonchev–Trinajstić information content (AvgIpc) is 0.789. The average molecular weight is 1590 g/mol. The van der Waals surface area contributed by atoms with Gasteiger partial charge in [-0.15, -0.1) is 0 Å². The Balaban J connectivity index is 0.000000177. The Labute approximate surface area is 690 Å². The van der Waals surface area contributed by atoms with E-state index in [0.29, 0.717) is 104 Å². The monoisotopic (exact) mass is 1590 g/mol. The van der Waals surface area contributed by atoms with Gasteiger partial charge in [-0.3, -0.25) is 33.7 Å². The van der Waals surface area contributed by atoms with Gasteiger partial charge in [0, 0.05) is 206 Å². The molecule has 612 valence electrons. The predicted octanol–water partition coefficient (Wildman–Crippen LogP) is 17.0. The van der Waals surface area contributed by atoms with Crippen molar-refractivity contribution in [1.82, 2.24) is 29.5 Å². The number of aryl methyl sites for hydroxylation is 1. The van der Waals surface area contributed by atoms with Crippen molar-refractivity contribution in [2.45, 2.75) is 203 Å². The number of methoxy groups -OCH3 is 1. The van der Waals surface area contributed by atoms with Crippen molar-refractivity contribution in [3.8, 4) is 23.0 Å². The maximum Gasteiger partial charge on any atom is 0.256 e. The fraction of sp³-hybridized carbons (Fsp3) is 0.547. The number of piperazine rings is 2. The Bertz CT molecular complexity index is 4500. The minimum absolute atomic E-state index is 0.0929. The third-order valence-corrected chi connectivity index (χ3v) is 26.3. The van der Waals surface area contributed by atoms with Crippen LogP contribution in [0.4, 0.5) is 17.2 Å². The number of Topliss-reactive ketones (excluding diaryl/α,β-unsaturated/α-hetero) is 5. The molecule has 2 saturated carbocycles. The summed E-state index contributed by atoms with van der Waals surface area (Å²) in [6.45, 7) is 35.3. The molecule has 5 fully saturated rings. The third kappa shape index (κ3) is 21.4. The summed E-state index contributed by atoms with van der Waals surface area (Å²) in [4.78, 5) is 103. The van der Waals surface area contributed by atoms with Crippen molar-refractivity contribution in [2.75, 3.05) is 154 Å². The lowest BCUT2D eigenvalue weighted by molar-refractivity contribution is -0.116. The van der Waals surface area contributed by atoms with Gasteiger partial charge in [-0.1, -0.05) is 63.9 Å². The van der Waals surface area contributed by atoms with Gasteiger partial charge in [0.1, 0.15) is 5.82 Å². The summed E-state index contributed by atoms with van der Waals surface area (Å²) in [7, 11) is 8.31. The number of amides is 1. The van der Waals surface area contributed by atoms with Gasteiger partial charge in [-0.05, 0) is 278 Å². The maximum absolute atomic E-state index is 14.1. The van der Waals surface area contributed by atoms with Crippen LogP contribution in [0.25, 0.3) is 11.1 Å². The molecule has 5 aliphatic carbocycles. The number of ketones is 5. The van der Waals surface area contributed by atoms with Crippen LogP contribution in [0.1, 0.15) is 217 Å². The van der Waals surface area contributed by atoms with E-state index < -0.39 is 0 Å². The molecule has 0 atom stereocenters. The number of hydrogen-bond acceptors (Lipinski definition) is 16. The lowest BCUT2D eigenvalue weighted by atomic mass is 9.76. The molecule has 3 saturated heterocycles. The largest absolute Gasteiger partial charge is 0.383 e. The Morgan fingerprint density at radius 3 is 1.78 bits per heavy atom. The van der Waals surface area contributed by atoms with E-state index in [1.54, 1.807) is 18.1 Å². The van der Waals surface area contributed by atoms with Crippen LogP contribution in [0.5, 0.6) is 0 Å². The van der Waals surface area contributed by atoms with Crippen LogP contribution < -0.4 is 14.7 Å². The minimum atomic E-state index is -0.147. The number of aromatic nitrogens is 1. The summed E-state index contributed by atoms with van der Waals surface area (Å²) < 4.78 is 11.0. The molecule has 4 aliphatic heterocycles. The lowest BCUT2D eigenvalue weighted by Gasteiger charge is -2.41. The molecular weight excluding hydrogens is 1470 g/mol. The summed E-state index contributed by atoms with van der Waals surface area (Å²) in [6, 6.07) is 16.0. The van der Waals surface area contributed by atoms with Gasteiger partial charge < -0.3 is 43.8 Å². The Kier molecular flexibility index (Phi) is 31.0. The molecule has 17 nitrogen and oxygen atoms in total. The molecule has 9 aliphatic rings. The van der Waals surface area contributed by atoms with E-state index in [0.717, 1.165) is 257 Å². The van der Waals surface area contributed by atoms with Gasteiger partial charge in [0.25, 0.3) is 5.91 Å². The van der Waals surface area contributed by atoms with Crippen LogP contribution in [0, 0.1) is 32.6 Å². The fourth-order valence-electron chi connectivity index (χ4n) is 18.5. The van der Waals surface area contributed by atoms with Crippen molar-refractivity contribution in [3.05, 3.63) is 171 Å². The van der Waals surface area contributed by atoms with Gasteiger partial charge in [-0.25, -0.2) is 4.98 Å². The zero-order chi connectivity index (χ0) is 81.6. The quantitative estimate of drug-likeness (QED) is 0.0509. The van der Waals surface area contributed by atoms with Gasteiger partial charge in [-0.2, -0.15) is 0 Å². The number of benzene rings is 3.